The number of rotatable bonds is 6. The number of nitrogens with two attached hydrogens (primary N) is 1. The first kappa shape index (κ1) is 23.9. The van der Waals surface area contributed by atoms with E-state index in [1.807, 2.05) is 36.6 Å². The number of benzene rings is 2. The minimum atomic E-state index is -3.09. The zero-order chi connectivity index (χ0) is 24.3. The number of carbonyl (C=O) groups is 2. The molecule has 1 saturated heterocycles. The van der Waals surface area contributed by atoms with Crippen LogP contribution in [-0.2, 0) is 19.4 Å². The molecule has 3 aromatic rings. The molecule has 1 fully saturated rings. The molecule has 1 aliphatic heterocycles. The fraction of sp³-hybridized carbons (Fsp3) is 0.292. The number of amides is 2. The molecule has 0 unspecified atom stereocenters. The maximum absolute atomic E-state index is 13.3. The molecule has 8 nitrogen and oxygen atoms in total. The molecule has 10 heteroatoms. The molecule has 2 heterocycles. The van der Waals surface area contributed by atoms with Gasteiger partial charge >= 0.3 is 0 Å². The molecule has 0 aliphatic carbocycles. The van der Waals surface area contributed by atoms with Crippen molar-refractivity contribution in [3.63, 3.8) is 0 Å². The molecule has 0 bridgehead atoms. The molecular formula is C24H26N4O4S2. The minimum Gasteiger partial charge on any atom is -0.375 e. The number of aromatic nitrogens is 1. The van der Waals surface area contributed by atoms with Gasteiger partial charge in [0.15, 0.2) is 5.13 Å². The Labute approximate surface area is 202 Å². The van der Waals surface area contributed by atoms with Crippen LogP contribution in [0.3, 0.4) is 0 Å². The molecule has 4 rings (SSSR count). The Morgan fingerprint density at radius 3 is 2.32 bits per heavy atom. The fourth-order valence-corrected chi connectivity index (χ4v) is 5.93. The van der Waals surface area contributed by atoms with Crippen molar-refractivity contribution in [1.29, 1.82) is 0 Å². The van der Waals surface area contributed by atoms with E-state index in [9.17, 15) is 18.0 Å². The zero-order valence-corrected chi connectivity index (χ0v) is 20.4. The van der Waals surface area contributed by atoms with Gasteiger partial charge in [0.05, 0.1) is 17.2 Å². The van der Waals surface area contributed by atoms with E-state index in [0.717, 1.165) is 16.8 Å². The van der Waals surface area contributed by atoms with Crippen LogP contribution in [0.25, 0.3) is 11.3 Å². The van der Waals surface area contributed by atoms with Crippen LogP contribution >= 0.6 is 11.3 Å². The van der Waals surface area contributed by atoms with Crippen molar-refractivity contribution in [2.45, 2.75) is 19.8 Å². The van der Waals surface area contributed by atoms with E-state index in [-0.39, 0.29) is 42.7 Å². The van der Waals surface area contributed by atoms with Crippen LogP contribution in [-0.4, -0.2) is 43.3 Å². The average molecular weight is 499 g/mol. The molecule has 0 atom stereocenters. The van der Waals surface area contributed by atoms with Crippen molar-refractivity contribution < 1.29 is 18.0 Å². The van der Waals surface area contributed by atoms with E-state index in [0.29, 0.717) is 16.5 Å². The number of nitrogen functional groups attached to an aromatic ring is 1. The number of nitrogens with zero attached hydrogens (tertiary/aromatic N) is 2. The minimum absolute atomic E-state index is 0.00563. The second-order valence-electron chi connectivity index (χ2n) is 8.38. The van der Waals surface area contributed by atoms with Crippen molar-refractivity contribution in [1.82, 2.24) is 4.98 Å². The Hall–Kier alpha value is -3.24. The molecule has 0 spiro atoms. The smallest absolute Gasteiger partial charge is 0.244 e. The van der Waals surface area contributed by atoms with Crippen molar-refractivity contribution in [2.24, 2.45) is 5.92 Å². The lowest BCUT2D eigenvalue weighted by Gasteiger charge is -2.29. The van der Waals surface area contributed by atoms with Gasteiger partial charge in [-0.25, -0.2) is 13.4 Å². The molecule has 3 N–H and O–H groups in total. The second kappa shape index (κ2) is 9.94. The summed E-state index contributed by atoms with van der Waals surface area (Å²) in [5.74, 6) is -1.02. The van der Waals surface area contributed by atoms with Gasteiger partial charge in [0.1, 0.15) is 16.4 Å². The number of carbonyl (C=O) groups excluding carboxylic acids is 2. The first-order chi connectivity index (χ1) is 16.2. The number of hydrogen-bond acceptors (Lipinski definition) is 7. The van der Waals surface area contributed by atoms with Crippen molar-refractivity contribution in [3.8, 4) is 11.3 Å². The quantitative estimate of drug-likeness (QED) is 0.536. The van der Waals surface area contributed by atoms with Crippen molar-refractivity contribution in [3.05, 3.63) is 59.5 Å². The first-order valence-corrected chi connectivity index (χ1v) is 13.6. The van der Waals surface area contributed by atoms with Crippen LogP contribution in [0.4, 0.5) is 16.5 Å². The summed E-state index contributed by atoms with van der Waals surface area (Å²) in [5, 5.41) is 5.19. The number of nitrogens with one attached hydrogen (secondary N) is 1. The highest BCUT2D eigenvalue weighted by atomic mass is 32.2. The van der Waals surface area contributed by atoms with Gasteiger partial charge in [-0.1, -0.05) is 29.8 Å². The van der Waals surface area contributed by atoms with Crippen LogP contribution in [0, 0.1) is 12.8 Å². The van der Waals surface area contributed by atoms with Crippen LogP contribution in [0.1, 0.15) is 18.4 Å². The second-order valence-corrected chi connectivity index (χ2v) is 11.6. The van der Waals surface area contributed by atoms with E-state index in [1.165, 1.54) is 16.2 Å². The van der Waals surface area contributed by atoms with Gasteiger partial charge < -0.3 is 16.0 Å². The lowest BCUT2D eigenvalue weighted by atomic mass is 10.0. The summed E-state index contributed by atoms with van der Waals surface area (Å²) in [6.45, 7) is 1.77. The monoisotopic (exact) mass is 498 g/mol. The van der Waals surface area contributed by atoms with Gasteiger partial charge in [0.25, 0.3) is 0 Å². The molecule has 2 amide bonds. The SMILES string of the molecule is Cc1ccc(N(CC(=O)Nc2ccc(-c3csc(N)n3)cc2)C(=O)C2CCS(=O)(=O)CC2)cc1. The first-order valence-electron chi connectivity index (χ1n) is 10.9. The van der Waals surface area contributed by atoms with E-state index >= 15 is 0 Å². The Morgan fingerprint density at radius 1 is 1.09 bits per heavy atom. The van der Waals surface area contributed by atoms with E-state index in [4.69, 9.17) is 5.73 Å². The van der Waals surface area contributed by atoms with Gasteiger partial charge in [-0.15, -0.1) is 11.3 Å². The molecule has 0 radical (unpaired) electrons. The summed E-state index contributed by atoms with van der Waals surface area (Å²) in [7, 11) is -3.09. The predicted molar refractivity (Wildman–Crippen MR) is 136 cm³/mol. The normalized spacial score (nSPS) is 15.6. The molecular weight excluding hydrogens is 472 g/mol. The van der Waals surface area contributed by atoms with Crippen molar-refractivity contribution >= 4 is 49.5 Å². The molecule has 34 heavy (non-hydrogen) atoms. The van der Waals surface area contributed by atoms with Crippen LogP contribution in [0.5, 0.6) is 0 Å². The molecule has 2 aromatic carbocycles. The van der Waals surface area contributed by atoms with E-state index < -0.39 is 15.8 Å². The van der Waals surface area contributed by atoms with Crippen LogP contribution in [0.2, 0.25) is 0 Å². The number of aryl methyl sites for hydroxylation is 1. The number of thiazole rings is 1. The Bertz CT molecular complexity index is 1270. The molecule has 1 aromatic heterocycles. The summed E-state index contributed by atoms with van der Waals surface area (Å²) < 4.78 is 23.6. The summed E-state index contributed by atoms with van der Waals surface area (Å²) >= 11 is 1.36. The van der Waals surface area contributed by atoms with Gasteiger partial charge in [0, 0.05) is 28.2 Å². The largest absolute Gasteiger partial charge is 0.375 e. The Balaban J connectivity index is 1.47. The van der Waals surface area contributed by atoms with Gasteiger partial charge in [-0.2, -0.15) is 0 Å². The maximum atomic E-state index is 13.3. The number of anilines is 3. The summed E-state index contributed by atoms with van der Waals surface area (Å²) in [4.78, 5) is 31.9. The van der Waals surface area contributed by atoms with Gasteiger partial charge in [-0.05, 0) is 44.0 Å². The lowest BCUT2D eigenvalue weighted by molar-refractivity contribution is -0.124. The van der Waals surface area contributed by atoms with Crippen LogP contribution < -0.4 is 16.0 Å². The lowest BCUT2D eigenvalue weighted by Crippen LogP contribution is -2.43. The summed E-state index contributed by atoms with van der Waals surface area (Å²) in [6.07, 6.45) is 0.543. The third kappa shape index (κ3) is 5.81. The van der Waals surface area contributed by atoms with Gasteiger partial charge in [-0.3, -0.25) is 9.59 Å². The number of hydrogen-bond donors (Lipinski definition) is 2. The third-order valence-corrected chi connectivity index (χ3v) is 8.19. The summed E-state index contributed by atoms with van der Waals surface area (Å²) in [5.41, 5.74) is 9.58. The zero-order valence-electron chi connectivity index (χ0n) is 18.7. The molecule has 0 saturated carbocycles. The highest BCUT2D eigenvalue weighted by Gasteiger charge is 2.32. The topological polar surface area (TPSA) is 122 Å². The van der Waals surface area contributed by atoms with Gasteiger partial charge in [0.2, 0.25) is 11.8 Å². The van der Waals surface area contributed by atoms with Crippen molar-refractivity contribution in [2.75, 3.05) is 34.0 Å². The summed E-state index contributed by atoms with van der Waals surface area (Å²) in [6, 6.07) is 14.6. The highest BCUT2D eigenvalue weighted by molar-refractivity contribution is 7.91. The van der Waals surface area contributed by atoms with Crippen LogP contribution in [0.15, 0.2) is 53.9 Å². The fourth-order valence-electron chi connectivity index (χ4n) is 3.87. The average Bonchev–Trinajstić information content (AvgIpc) is 3.24. The molecule has 1 aliphatic rings. The van der Waals surface area contributed by atoms with E-state index in [2.05, 4.69) is 10.3 Å². The third-order valence-electron chi connectivity index (χ3n) is 5.80. The number of sulfone groups is 1. The molecule has 178 valence electrons. The Kier molecular flexibility index (Phi) is 6.99. The predicted octanol–water partition coefficient (Wildman–Crippen LogP) is 3.50. The Morgan fingerprint density at radius 2 is 1.74 bits per heavy atom. The standard InChI is InChI=1S/C24H26N4O4S2/c1-16-2-8-20(9-3-16)28(23(30)18-10-12-34(31,32)13-11-18)14-22(29)26-19-6-4-17(5-7-19)21-15-33-24(25)27-21/h2-9,15,18H,10-14H2,1H3,(H2,25,27)(H,26,29). The maximum Gasteiger partial charge on any atom is 0.244 e. The van der Waals surface area contributed by atoms with E-state index in [1.54, 1.807) is 24.3 Å². The highest BCUT2D eigenvalue weighted by Crippen LogP contribution is 2.26.